The van der Waals surface area contributed by atoms with Gasteiger partial charge < -0.3 is 10.5 Å². The quantitative estimate of drug-likeness (QED) is 0.812. The van der Waals surface area contributed by atoms with Crippen LogP contribution in [0.2, 0.25) is 0 Å². The number of ether oxygens (including phenoxy) is 1. The van der Waals surface area contributed by atoms with Crippen molar-refractivity contribution in [3.05, 3.63) is 29.3 Å². The third-order valence-electron chi connectivity index (χ3n) is 4.31. The number of halogens is 1. The zero-order chi connectivity index (χ0) is 17.2. The summed E-state index contributed by atoms with van der Waals surface area (Å²) in [6.07, 6.45) is 2.59. The summed E-state index contributed by atoms with van der Waals surface area (Å²) in [5, 5.41) is 0. The van der Waals surface area contributed by atoms with Crippen LogP contribution in [0, 0.1) is 6.92 Å². The number of sulfonamides is 1. The number of piperidine rings is 1. The zero-order valence-electron chi connectivity index (χ0n) is 14.2. The van der Waals surface area contributed by atoms with Gasteiger partial charge in [0.05, 0.1) is 17.6 Å². The molecule has 1 heterocycles. The number of hydrogen-bond donors (Lipinski definition) is 1. The van der Waals surface area contributed by atoms with Crippen molar-refractivity contribution in [3.8, 4) is 0 Å². The summed E-state index contributed by atoms with van der Waals surface area (Å²) in [7, 11) is -2.33. The van der Waals surface area contributed by atoms with E-state index < -0.39 is 16.0 Å². The molecule has 2 atom stereocenters. The Balaban J connectivity index is 0.00000288. The number of esters is 1. The van der Waals surface area contributed by atoms with Gasteiger partial charge in [0, 0.05) is 18.6 Å². The monoisotopic (exact) mass is 376 g/mol. The fourth-order valence-electron chi connectivity index (χ4n) is 3.03. The van der Waals surface area contributed by atoms with Crippen LogP contribution in [-0.4, -0.2) is 44.4 Å². The molecule has 2 rings (SSSR count). The second kappa shape index (κ2) is 8.29. The smallest absolute Gasteiger partial charge is 0.338 e. The van der Waals surface area contributed by atoms with Gasteiger partial charge in [0.25, 0.3) is 0 Å². The normalized spacial score (nSPS) is 20.1. The van der Waals surface area contributed by atoms with E-state index in [4.69, 9.17) is 10.5 Å². The second-order valence-corrected chi connectivity index (χ2v) is 7.90. The summed E-state index contributed by atoms with van der Waals surface area (Å²) in [4.78, 5) is 11.8. The molecule has 1 aromatic carbocycles. The number of nitrogens with two attached hydrogens (primary N) is 1. The lowest BCUT2D eigenvalue weighted by Crippen LogP contribution is -2.51. The number of nitrogens with zero attached hydrogens (tertiary/aromatic N) is 1. The summed E-state index contributed by atoms with van der Waals surface area (Å²) in [6.45, 7) is 4.01. The molecule has 1 aromatic rings. The molecule has 0 aromatic heterocycles. The van der Waals surface area contributed by atoms with Gasteiger partial charge in [-0.05, 0) is 50.5 Å². The van der Waals surface area contributed by atoms with Gasteiger partial charge in [-0.1, -0.05) is 6.42 Å². The number of benzene rings is 1. The second-order valence-electron chi connectivity index (χ2n) is 6.01. The molecule has 1 saturated heterocycles. The molecule has 8 heteroatoms. The van der Waals surface area contributed by atoms with Crippen molar-refractivity contribution in [2.45, 2.75) is 50.1 Å². The first-order valence-corrected chi connectivity index (χ1v) is 9.19. The van der Waals surface area contributed by atoms with Gasteiger partial charge in [-0.15, -0.1) is 12.4 Å². The minimum atomic E-state index is -3.63. The minimum absolute atomic E-state index is 0. The van der Waals surface area contributed by atoms with Crippen molar-refractivity contribution in [2.75, 3.05) is 13.7 Å². The van der Waals surface area contributed by atoms with Crippen LogP contribution in [0.3, 0.4) is 0 Å². The molecule has 2 N–H and O–H groups in total. The molecule has 0 saturated carbocycles. The van der Waals surface area contributed by atoms with Crippen LogP contribution in [0.1, 0.15) is 42.1 Å². The molecule has 24 heavy (non-hydrogen) atoms. The minimum Gasteiger partial charge on any atom is -0.465 e. The first-order valence-electron chi connectivity index (χ1n) is 7.75. The highest BCUT2D eigenvalue weighted by atomic mass is 35.5. The van der Waals surface area contributed by atoms with E-state index in [1.54, 1.807) is 6.92 Å². The van der Waals surface area contributed by atoms with Crippen LogP contribution in [0.25, 0.3) is 0 Å². The van der Waals surface area contributed by atoms with Crippen LogP contribution in [0.5, 0.6) is 0 Å². The van der Waals surface area contributed by atoms with Crippen LogP contribution in [-0.2, 0) is 14.8 Å². The topological polar surface area (TPSA) is 89.7 Å². The van der Waals surface area contributed by atoms with E-state index in [9.17, 15) is 13.2 Å². The molecular weight excluding hydrogens is 352 g/mol. The molecule has 0 aliphatic carbocycles. The molecule has 2 unspecified atom stereocenters. The Labute approximate surface area is 149 Å². The molecule has 0 bridgehead atoms. The summed E-state index contributed by atoms with van der Waals surface area (Å²) < 4.78 is 32.1. The average molecular weight is 377 g/mol. The lowest BCUT2D eigenvalue weighted by molar-refractivity contribution is 0.0600. The molecule has 6 nitrogen and oxygen atoms in total. The van der Waals surface area contributed by atoms with Crippen LogP contribution < -0.4 is 5.73 Å². The Morgan fingerprint density at radius 2 is 2.04 bits per heavy atom. The Morgan fingerprint density at radius 3 is 2.58 bits per heavy atom. The van der Waals surface area contributed by atoms with Crippen molar-refractivity contribution in [2.24, 2.45) is 5.73 Å². The van der Waals surface area contributed by atoms with E-state index in [0.717, 1.165) is 19.3 Å². The zero-order valence-corrected chi connectivity index (χ0v) is 15.8. The van der Waals surface area contributed by atoms with E-state index in [1.165, 1.54) is 29.6 Å². The number of methoxy groups -OCH3 is 1. The molecule has 0 spiro atoms. The third kappa shape index (κ3) is 4.08. The van der Waals surface area contributed by atoms with Crippen LogP contribution >= 0.6 is 12.4 Å². The van der Waals surface area contributed by atoms with Gasteiger partial charge in [-0.25, -0.2) is 13.2 Å². The molecule has 1 fully saturated rings. The van der Waals surface area contributed by atoms with Crippen LogP contribution in [0.4, 0.5) is 0 Å². The van der Waals surface area contributed by atoms with Gasteiger partial charge in [0.2, 0.25) is 10.0 Å². The van der Waals surface area contributed by atoms with Gasteiger partial charge >= 0.3 is 5.97 Å². The van der Waals surface area contributed by atoms with E-state index in [0.29, 0.717) is 17.7 Å². The highest BCUT2D eigenvalue weighted by Crippen LogP contribution is 2.27. The largest absolute Gasteiger partial charge is 0.465 e. The van der Waals surface area contributed by atoms with Gasteiger partial charge in [-0.3, -0.25) is 0 Å². The molecule has 0 radical (unpaired) electrons. The van der Waals surface area contributed by atoms with Gasteiger partial charge in [-0.2, -0.15) is 4.31 Å². The molecule has 0 amide bonds. The summed E-state index contributed by atoms with van der Waals surface area (Å²) in [5.41, 5.74) is 6.92. The molecular formula is C16H25ClN2O4S. The van der Waals surface area contributed by atoms with E-state index >= 15 is 0 Å². The molecule has 136 valence electrons. The highest BCUT2D eigenvalue weighted by molar-refractivity contribution is 7.89. The maximum absolute atomic E-state index is 13.0. The van der Waals surface area contributed by atoms with Crippen molar-refractivity contribution in [1.29, 1.82) is 0 Å². The highest BCUT2D eigenvalue weighted by Gasteiger charge is 2.35. The summed E-state index contributed by atoms with van der Waals surface area (Å²) in [6, 6.07) is 4.07. The van der Waals surface area contributed by atoms with E-state index in [1.807, 2.05) is 6.92 Å². The van der Waals surface area contributed by atoms with Gasteiger partial charge in [0.15, 0.2) is 0 Å². The average Bonchev–Trinajstić information content (AvgIpc) is 2.53. The molecule has 1 aliphatic rings. The van der Waals surface area contributed by atoms with E-state index in [2.05, 4.69) is 0 Å². The fourth-order valence-corrected chi connectivity index (χ4v) is 4.89. The van der Waals surface area contributed by atoms with Crippen molar-refractivity contribution in [3.63, 3.8) is 0 Å². The van der Waals surface area contributed by atoms with Crippen molar-refractivity contribution >= 4 is 28.4 Å². The number of hydrogen-bond acceptors (Lipinski definition) is 5. The first kappa shape index (κ1) is 20.9. The maximum Gasteiger partial charge on any atom is 0.338 e. The number of aryl methyl sites for hydroxylation is 1. The van der Waals surface area contributed by atoms with Gasteiger partial charge in [0.1, 0.15) is 0 Å². The lowest BCUT2D eigenvalue weighted by Gasteiger charge is -2.37. The van der Waals surface area contributed by atoms with E-state index in [-0.39, 0.29) is 29.4 Å². The standard InChI is InChI=1S/C16H24N2O4S.ClH/c1-11-10-13(7-8-14(11)16(19)22-3)23(20,21)18-9-5-4-6-15(18)12(2)17;/h7-8,10,12,15H,4-6,9,17H2,1-3H3;1H. The Kier molecular flexibility index (Phi) is 7.22. The lowest BCUT2D eigenvalue weighted by atomic mass is 10.00. The molecule has 1 aliphatic heterocycles. The fraction of sp³-hybridized carbons (Fsp3) is 0.562. The van der Waals surface area contributed by atoms with Crippen molar-refractivity contribution in [1.82, 2.24) is 4.31 Å². The SMILES string of the molecule is COC(=O)c1ccc(S(=O)(=O)N2CCCCC2C(C)N)cc1C.Cl. The first-order chi connectivity index (χ1) is 10.8. The van der Waals surface area contributed by atoms with Crippen molar-refractivity contribution < 1.29 is 17.9 Å². The Morgan fingerprint density at radius 1 is 1.38 bits per heavy atom. The number of carbonyl (C=O) groups excluding carboxylic acids is 1. The number of rotatable bonds is 4. The van der Waals surface area contributed by atoms with Crippen LogP contribution in [0.15, 0.2) is 23.1 Å². The Bertz CT molecular complexity index is 691. The predicted octanol–water partition coefficient (Wildman–Crippen LogP) is 2.09. The predicted molar refractivity (Wildman–Crippen MR) is 94.9 cm³/mol. The third-order valence-corrected chi connectivity index (χ3v) is 6.24. The summed E-state index contributed by atoms with van der Waals surface area (Å²) >= 11 is 0. The maximum atomic E-state index is 13.0. The number of carbonyl (C=O) groups is 1. The Hall–Kier alpha value is -1.15. The summed E-state index contributed by atoms with van der Waals surface area (Å²) in [5.74, 6) is -0.474.